The van der Waals surface area contributed by atoms with E-state index in [0.29, 0.717) is 15.8 Å². The second kappa shape index (κ2) is 26.8. The van der Waals surface area contributed by atoms with Crippen molar-refractivity contribution in [3.63, 3.8) is 0 Å². The molecule has 0 spiro atoms. The van der Waals surface area contributed by atoms with Gasteiger partial charge in [-0.15, -0.1) is 12.1 Å². The van der Waals surface area contributed by atoms with Crippen molar-refractivity contribution >= 4 is 28.7 Å². The molecule has 0 aliphatic heterocycles. The topological polar surface area (TPSA) is 17.1 Å². The van der Waals surface area contributed by atoms with E-state index in [1.807, 2.05) is 37.1 Å². The van der Waals surface area contributed by atoms with Crippen LogP contribution in [0.15, 0.2) is 30.3 Å². The maximum Gasteiger partial charge on any atom is 1.00 e. The summed E-state index contributed by atoms with van der Waals surface area (Å²) in [6.07, 6.45) is 48.8. The van der Waals surface area contributed by atoms with E-state index < -0.39 is 0 Å². The average molecular weight is 795 g/mol. The Hall–Kier alpha value is 0.113. The summed E-state index contributed by atoms with van der Waals surface area (Å²) in [6, 6.07) is 9.80. The van der Waals surface area contributed by atoms with Crippen LogP contribution in [0.5, 0.6) is 0 Å². The molecule has 1 aromatic carbocycles. The minimum absolute atomic E-state index is 0. The molecule has 0 amide bonds. The molecule has 0 aromatic heterocycles. The van der Waals surface area contributed by atoms with Crippen LogP contribution in [0.25, 0.3) is 6.08 Å². The van der Waals surface area contributed by atoms with Gasteiger partial charge in [0.2, 0.25) is 0 Å². The summed E-state index contributed by atoms with van der Waals surface area (Å²) >= 11 is 0. The van der Waals surface area contributed by atoms with Gasteiger partial charge in [0.1, 0.15) is 6.79 Å². The molecule has 7 rings (SSSR count). The predicted octanol–water partition coefficient (Wildman–Crippen LogP) is 14.9. The van der Waals surface area contributed by atoms with E-state index in [2.05, 4.69) is 0 Å². The largest absolute Gasteiger partial charge is 1.00 e. The summed E-state index contributed by atoms with van der Waals surface area (Å²) in [5, 5.41) is 0. The van der Waals surface area contributed by atoms with Gasteiger partial charge in [0.15, 0.2) is 0 Å². The molecule has 1 aromatic rings. The quantitative estimate of drug-likeness (QED) is 0.153. The molecule has 1 radical (unpaired) electrons. The van der Waals surface area contributed by atoms with Crippen molar-refractivity contribution in [1.82, 2.24) is 0 Å². The van der Waals surface area contributed by atoms with Crippen molar-refractivity contribution in [2.75, 3.05) is 0 Å². The molecular weight excluding hydrogens is 720 g/mol. The van der Waals surface area contributed by atoms with E-state index >= 15 is 0 Å². The van der Waals surface area contributed by atoms with Crippen LogP contribution in [0.3, 0.4) is 0 Å². The molecule has 0 heterocycles. The molecule has 0 saturated heterocycles. The van der Waals surface area contributed by atoms with Crippen LogP contribution in [0.4, 0.5) is 0 Å². The molecule has 6 aliphatic rings. The number of hydrogen-bond donors (Lipinski definition) is 0. The average Bonchev–Trinajstić information content (AvgIpc) is 3.19. The first-order chi connectivity index (χ1) is 23.8. The molecular formula is C45H75OP2Ru. The smallest absolute Gasteiger partial charge is 0.307 e. The van der Waals surface area contributed by atoms with E-state index in [9.17, 15) is 0 Å². The van der Waals surface area contributed by atoms with Crippen LogP contribution < -0.4 is 0 Å². The SMILES string of the molecule is C1CCC(P(C2CCCCC2)C2CCCCC2)CC1.C1CCC(P(C2CCCCC2)C2CCCCC2)CC1.C=O.[CH-]=Cc1ccccc1.[Ru+]. The molecule has 0 unspecified atom stereocenters. The zero-order valence-electron chi connectivity index (χ0n) is 31.6. The van der Waals surface area contributed by atoms with Crippen LogP contribution in [0, 0.1) is 6.58 Å². The standard InChI is InChI=1S/2C18H33P.C8H7.CH2O.Ru/c2*1-4-10-16(11-5-1)19(17-12-6-2-7-13-17)18-14-8-3-9-15-18;1-2-8-6-4-3-5-7-8;1-2;/h2*16-18H,1-15H2;1-7H;1H2;/q;;-1;;+1. The van der Waals surface area contributed by atoms with Crippen LogP contribution in [0.2, 0.25) is 0 Å². The third kappa shape index (κ3) is 15.2. The molecule has 6 saturated carbocycles. The van der Waals surface area contributed by atoms with E-state index in [1.165, 1.54) is 72.5 Å². The molecule has 1 nitrogen and oxygen atoms in total. The maximum absolute atomic E-state index is 8.00. The van der Waals surface area contributed by atoms with E-state index in [-0.39, 0.29) is 19.5 Å². The first-order valence-corrected chi connectivity index (χ1v) is 24.4. The van der Waals surface area contributed by atoms with Gasteiger partial charge in [0.05, 0.1) is 0 Å². The Kier molecular flexibility index (Phi) is 23.8. The third-order valence-electron chi connectivity index (χ3n) is 13.0. The van der Waals surface area contributed by atoms with Crippen molar-refractivity contribution < 1.29 is 24.3 Å². The zero-order valence-corrected chi connectivity index (χ0v) is 35.1. The van der Waals surface area contributed by atoms with Gasteiger partial charge in [-0.25, -0.2) is 6.08 Å². The van der Waals surface area contributed by atoms with E-state index in [4.69, 9.17) is 11.4 Å². The Morgan fingerprint density at radius 1 is 0.408 bits per heavy atom. The predicted molar refractivity (Wildman–Crippen MR) is 217 cm³/mol. The monoisotopic (exact) mass is 795 g/mol. The van der Waals surface area contributed by atoms with Crippen molar-refractivity contribution in [1.29, 1.82) is 0 Å². The molecule has 4 heteroatoms. The van der Waals surface area contributed by atoms with Crippen LogP contribution >= 0.6 is 15.8 Å². The number of rotatable bonds is 7. The van der Waals surface area contributed by atoms with Crippen LogP contribution in [0.1, 0.15) is 198 Å². The molecule has 6 fully saturated rings. The summed E-state index contributed by atoms with van der Waals surface area (Å²) in [4.78, 5) is 8.00. The van der Waals surface area contributed by atoms with Gasteiger partial charge in [-0.3, -0.25) is 6.58 Å². The maximum atomic E-state index is 8.00. The summed E-state index contributed by atoms with van der Waals surface area (Å²) < 4.78 is 0. The Balaban J connectivity index is 0.000000206. The summed E-state index contributed by atoms with van der Waals surface area (Å²) in [6.45, 7) is 7.22. The second-order valence-corrected chi connectivity index (χ2v) is 22.4. The van der Waals surface area contributed by atoms with Gasteiger partial charge >= 0.3 is 19.5 Å². The minimum atomic E-state index is 0. The number of carbonyl (C=O) groups excluding carboxylic acids is 1. The van der Waals surface area contributed by atoms with Gasteiger partial charge in [-0.2, -0.15) is 5.56 Å². The fraction of sp³-hybridized carbons (Fsp3) is 0.800. The van der Waals surface area contributed by atoms with Crippen molar-refractivity contribution in [2.24, 2.45) is 0 Å². The van der Waals surface area contributed by atoms with E-state index in [0.717, 1.165) is 5.56 Å². The molecule has 0 atom stereocenters. The number of carbonyl (C=O) groups is 1. The van der Waals surface area contributed by atoms with Crippen molar-refractivity contribution in [3.8, 4) is 0 Å². The zero-order chi connectivity index (χ0) is 33.7. The third-order valence-corrected chi connectivity index (χ3v) is 21.1. The first kappa shape index (κ1) is 43.5. The Labute approximate surface area is 320 Å². The van der Waals surface area contributed by atoms with Gasteiger partial charge in [-0.1, -0.05) is 150 Å². The molecule has 0 N–H and O–H groups in total. The minimum Gasteiger partial charge on any atom is -0.307 e. The summed E-state index contributed by atoms with van der Waals surface area (Å²) in [7, 11) is 0.770. The van der Waals surface area contributed by atoms with Gasteiger partial charge < -0.3 is 4.79 Å². The molecule has 0 bridgehead atoms. The Morgan fingerprint density at radius 2 is 0.612 bits per heavy atom. The van der Waals surface area contributed by atoms with Crippen LogP contribution in [-0.2, 0) is 24.3 Å². The number of benzene rings is 1. The summed E-state index contributed by atoms with van der Waals surface area (Å²) in [5.41, 5.74) is 8.20. The number of hydrogen-bond acceptors (Lipinski definition) is 1. The van der Waals surface area contributed by atoms with Gasteiger partial charge in [-0.05, 0) is 111 Å². The first-order valence-electron chi connectivity index (χ1n) is 21.3. The van der Waals surface area contributed by atoms with E-state index in [1.54, 1.807) is 160 Å². The Morgan fingerprint density at radius 3 is 0.776 bits per heavy atom. The van der Waals surface area contributed by atoms with Crippen molar-refractivity contribution in [3.05, 3.63) is 42.5 Å². The molecule has 49 heavy (non-hydrogen) atoms. The second-order valence-electron chi connectivity index (χ2n) is 16.2. The normalized spacial score (nSPS) is 23.9. The van der Waals surface area contributed by atoms with Crippen LogP contribution in [-0.4, -0.2) is 40.7 Å². The molecule has 279 valence electrons. The Bertz CT molecular complexity index is 781. The van der Waals surface area contributed by atoms with Gasteiger partial charge in [0, 0.05) is 0 Å². The molecule has 6 aliphatic carbocycles. The fourth-order valence-corrected chi connectivity index (χ4v) is 20.0. The van der Waals surface area contributed by atoms with Crippen molar-refractivity contribution in [2.45, 2.75) is 227 Å². The fourth-order valence-electron chi connectivity index (χ4n) is 10.6. The summed E-state index contributed by atoms with van der Waals surface area (Å²) in [5.74, 6) is 0. The van der Waals surface area contributed by atoms with Gasteiger partial charge in [0.25, 0.3) is 0 Å².